The second kappa shape index (κ2) is 9.14. The van der Waals surface area contributed by atoms with Gasteiger partial charge in [-0.15, -0.1) is 12.4 Å². The number of nitrogens with two attached hydrogens (primary N) is 1. The van der Waals surface area contributed by atoms with E-state index >= 15 is 0 Å². The first-order chi connectivity index (χ1) is 12.0. The van der Waals surface area contributed by atoms with Crippen molar-refractivity contribution in [2.75, 3.05) is 39.4 Å². The van der Waals surface area contributed by atoms with Crippen LogP contribution >= 0.6 is 12.4 Å². The van der Waals surface area contributed by atoms with Gasteiger partial charge in [-0.3, -0.25) is 4.79 Å². The smallest absolute Gasteiger partial charge is 0.243 e. The van der Waals surface area contributed by atoms with E-state index in [0.29, 0.717) is 39.4 Å². The van der Waals surface area contributed by atoms with Crippen LogP contribution in [0.5, 0.6) is 0 Å². The summed E-state index contributed by atoms with van der Waals surface area (Å²) in [5, 5.41) is 0. The summed E-state index contributed by atoms with van der Waals surface area (Å²) in [6.07, 6.45) is 1.60. The summed E-state index contributed by atoms with van der Waals surface area (Å²) in [4.78, 5) is 14.6. The molecule has 1 aromatic rings. The molecule has 2 heterocycles. The maximum absolute atomic E-state index is 12.6. The average molecular weight is 404 g/mol. The summed E-state index contributed by atoms with van der Waals surface area (Å²) in [5.74, 6) is 0.0657. The summed E-state index contributed by atoms with van der Waals surface area (Å²) in [5.41, 5.74) is 6.16. The van der Waals surface area contributed by atoms with Crippen molar-refractivity contribution >= 4 is 28.3 Å². The van der Waals surface area contributed by atoms with Gasteiger partial charge in [0.25, 0.3) is 0 Å². The third-order valence-electron chi connectivity index (χ3n) is 4.99. The number of rotatable bonds is 4. The molecule has 26 heavy (non-hydrogen) atoms. The summed E-state index contributed by atoms with van der Waals surface area (Å²) in [6, 6.07) is 7.86. The number of sulfonamides is 1. The molecule has 1 amide bonds. The van der Waals surface area contributed by atoms with Gasteiger partial charge in [-0.2, -0.15) is 4.31 Å². The SMILES string of the molecule is Cl.NC(C(=O)N1CCN(S(=O)(=O)c2ccccc2)CC1)C1CCOCC1. The Hall–Kier alpha value is -1.19. The van der Waals surface area contributed by atoms with E-state index in [0.717, 1.165) is 12.8 Å². The molecule has 3 rings (SSSR count). The number of halogens is 1. The third kappa shape index (κ3) is 4.55. The first-order valence-electron chi connectivity index (χ1n) is 8.67. The second-order valence-electron chi connectivity index (χ2n) is 6.52. The molecule has 1 aromatic carbocycles. The Morgan fingerprint density at radius 2 is 1.65 bits per heavy atom. The standard InChI is InChI=1S/C17H25N3O4S.ClH/c18-16(14-6-12-24-13-7-14)17(21)19-8-10-20(11-9-19)25(22,23)15-4-2-1-3-5-15;/h1-5,14,16H,6-13,18H2;1H. The molecule has 1 atom stereocenters. The van der Waals surface area contributed by atoms with E-state index in [9.17, 15) is 13.2 Å². The van der Waals surface area contributed by atoms with E-state index in [-0.39, 0.29) is 29.1 Å². The van der Waals surface area contributed by atoms with Crippen LogP contribution in [-0.4, -0.2) is 69.0 Å². The molecule has 2 aliphatic heterocycles. The number of nitrogens with zero attached hydrogens (tertiary/aromatic N) is 2. The predicted octanol–water partition coefficient (Wildman–Crippen LogP) is 0.695. The van der Waals surface area contributed by atoms with E-state index in [1.807, 2.05) is 0 Å². The van der Waals surface area contributed by atoms with Crippen LogP contribution in [0.15, 0.2) is 35.2 Å². The minimum atomic E-state index is -3.50. The quantitative estimate of drug-likeness (QED) is 0.798. The van der Waals surface area contributed by atoms with Crippen LogP contribution in [0, 0.1) is 5.92 Å². The Balaban J connectivity index is 0.00000243. The van der Waals surface area contributed by atoms with Gasteiger partial charge in [0, 0.05) is 39.4 Å². The van der Waals surface area contributed by atoms with Crippen LogP contribution in [0.25, 0.3) is 0 Å². The van der Waals surface area contributed by atoms with Gasteiger partial charge in [-0.1, -0.05) is 18.2 Å². The minimum absolute atomic E-state index is 0. The lowest BCUT2D eigenvalue weighted by Crippen LogP contribution is -2.56. The molecule has 0 saturated carbocycles. The molecular weight excluding hydrogens is 378 g/mol. The van der Waals surface area contributed by atoms with Gasteiger partial charge in [0.15, 0.2) is 0 Å². The zero-order valence-electron chi connectivity index (χ0n) is 14.6. The van der Waals surface area contributed by atoms with Gasteiger partial charge in [0.2, 0.25) is 15.9 Å². The zero-order chi connectivity index (χ0) is 17.9. The van der Waals surface area contributed by atoms with Crippen molar-refractivity contribution < 1.29 is 17.9 Å². The molecule has 2 aliphatic rings. The number of carbonyl (C=O) groups excluding carboxylic acids is 1. The van der Waals surface area contributed by atoms with Crippen LogP contribution in [0.2, 0.25) is 0 Å². The maximum Gasteiger partial charge on any atom is 0.243 e. The monoisotopic (exact) mass is 403 g/mol. The number of hydrogen-bond donors (Lipinski definition) is 1. The molecule has 0 aromatic heterocycles. The molecule has 9 heteroatoms. The van der Waals surface area contributed by atoms with Crippen molar-refractivity contribution in [2.45, 2.75) is 23.8 Å². The molecule has 0 bridgehead atoms. The van der Waals surface area contributed by atoms with Gasteiger partial charge in [0.05, 0.1) is 10.9 Å². The van der Waals surface area contributed by atoms with Gasteiger partial charge in [-0.05, 0) is 30.9 Å². The van der Waals surface area contributed by atoms with Crippen LogP contribution in [0.1, 0.15) is 12.8 Å². The van der Waals surface area contributed by atoms with Crippen LogP contribution in [0.4, 0.5) is 0 Å². The van der Waals surface area contributed by atoms with E-state index < -0.39 is 16.1 Å². The molecule has 146 valence electrons. The fourth-order valence-corrected chi connectivity index (χ4v) is 4.82. The lowest BCUT2D eigenvalue weighted by atomic mass is 9.91. The van der Waals surface area contributed by atoms with Crippen LogP contribution in [0.3, 0.4) is 0 Å². The Morgan fingerprint density at radius 1 is 1.08 bits per heavy atom. The molecule has 0 spiro atoms. The fraction of sp³-hybridized carbons (Fsp3) is 0.588. The number of hydrogen-bond acceptors (Lipinski definition) is 5. The van der Waals surface area contributed by atoms with Gasteiger partial charge < -0.3 is 15.4 Å². The highest BCUT2D eigenvalue weighted by Gasteiger charge is 2.34. The Labute approximate surface area is 160 Å². The number of amides is 1. The van der Waals surface area contributed by atoms with Gasteiger partial charge >= 0.3 is 0 Å². The van der Waals surface area contributed by atoms with Crippen molar-refractivity contribution in [1.82, 2.24) is 9.21 Å². The Kier molecular flexibility index (Phi) is 7.42. The fourth-order valence-electron chi connectivity index (χ4n) is 3.38. The highest BCUT2D eigenvalue weighted by atomic mass is 35.5. The van der Waals surface area contributed by atoms with E-state index in [1.54, 1.807) is 35.2 Å². The minimum Gasteiger partial charge on any atom is -0.381 e. The zero-order valence-corrected chi connectivity index (χ0v) is 16.3. The normalized spacial score (nSPS) is 21.0. The summed E-state index contributed by atoms with van der Waals surface area (Å²) >= 11 is 0. The van der Waals surface area contributed by atoms with E-state index in [2.05, 4.69) is 0 Å². The summed E-state index contributed by atoms with van der Waals surface area (Å²) < 4.78 is 32.0. The number of piperazine rings is 1. The van der Waals surface area contributed by atoms with Crippen molar-refractivity contribution in [3.05, 3.63) is 30.3 Å². The number of ether oxygens (including phenoxy) is 1. The van der Waals surface area contributed by atoms with Crippen LogP contribution < -0.4 is 5.73 Å². The van der Waals surface area contributed by atoms with Gasteiger partial charge in [-0.25, -0.2) is 8.42 Å². The van der Waals surface area contributed by atoms with Crippen molar-refractivity contribution in [2.24, 2.45) is 11.7 Å². The number of benzene rings is 1. The molecule has 2 fully saturated rings. The lowest BCUT2D eigenvalue weighted by molar-refractivity contribution is -0.135. The Bertz CT molecular complexity index is 687. The summed E-state index contributed by atoms with van der Waals surface area (Å²) in [7, 11) is -3.50. The van der Waals surface area contributed by atoms with Gasteiger partial charge in [0.1, 0.15) is 0 Å². The largest absolute Gasteiger partial charge is 0.381 e. The first kappa shape index (κ1) is 21.1. The first-order valence-corrected chi connectivity index (χ1v) is 10.1. The molecule has 2 saturated heterocycles. The molecule has 2 N–H and O–H groups in total. The summed E-state index contributed by atoms with van der Waals surface area (Å²) in [6.45, 7) is 2.64. The predicted molar refractivity (Wildman–Crippen MR) is 101 cm³/mol. The maximum atomic E-state index is 12.6. The highest BCUT2D eigenvalue weighted by Crippen LogP contribution is 2.21. The molecule has 1 unspecified atom stereocenters. The highest BCUT2D eigenvalue weighted by molar-refractivity contribution is 7.89. The number of carbonyl (C=O) groups is 1. The third-order valence-corrected chi connectivity index (χ3v) is 6.90. The molecule has 0 aliphatic carbocycles. The van der Waals surface area contributed by atoms with Crippen LogP contribution in [-0.2, 0) is 19.6 Å². The van der Waals surface area contributed by atoms with Crippen molar-refractivity contribution in [1.29, 1.82) is 0 Å². The lowest BCUT2D eigenvalue weighted by Gasteiger charge is -2.37. The topological polar surface area (TPSA) is 92.9 Å². The molecule has 7 nitrogen and oxygen atoms in total. The molecule has 0 radical (unpaired) electrons. The Morgan fingerprint density at radius 3 is 2.23 bits per heavy atom. The molecular formula is C17H26ClN3O4S. The van der Waals surface area contributed by atoms with E-state index in [4.69, 9.17) is 10.5 Å². The van der Waals surface area contributed by atoms with Crippen molar-refractivity contribution in [3.8, 4) is 0 Å². The van der Waals surface area contributed by atoms with Crippen molar-refractivity contribution in [3.63, 3.8) is 0 Å². The second-order valence-corrected chi connectivity index (χ2v) is 8.46. The van der Waals surface area contributed by atoms with E-state index in [1.165, 1.54) is 4.31 Å². The average Bonchev–Trinajstić information content (AvgIpc) is 2.68.